The molecule has 17 heavy (non-hydrogen) atoms. The first-order valence-electron chi connectivity index (χ1n) is 4.71. The van der Waals surface area contributed by atoms with Crippen LogP contribution >= 0.6 is 15.9 Å². The van der Waals surface area contributed by atoms with E-state index in [0.717, 1.165) is 0 Å². The molecule has 0 radical (unpaired) electrons. The van der Waals surface area contributed by atoms with Gasteiger partial charge in [-0.05, 0) is 30.3 Å². The predicted octanol–water partition coefficient (Wildman–Crippen LogP) is 2.63. The maximum atomic E-state index is 13.5. The Balaban J connectivity index is 2.21. The van der Waals surface area contributed by atoms with Crippen LogP contribution in [0.2, 0.25) is 0 Å². The van der Waals surface area contributed by atoms with Crippen LogP contribution < -0.4 is 5.32 Å². The van der Waals surface area contributed by atoms with Gasteiger partial charge < -0.3 is 5.32 Å². The summed E-state index contributed by atoms with van der Waals surface area (Å²) in [5.41, 5.74) is -0.0427. The second kappa shape index (κ2) is 5.01. The zero-order chi connectivity index (χ0) is 12.3. The highest BCUT2D eigenvalue weighted by atomic mass is 79.9. The second-order valence-electron chi connectivity index (χ2n) is 3.19. The molecule has 1 N–H and O–H groups in total. The Morgan fingerprint density at radius 3 is 2.82 bits per heavy atom. The van der Waals surface area contributed by atoms with Gasteiger partial charge in [-0.3, -0.25) is 4.79 Å². The Bertz CT molecular complexity index is 548. The molecule has 0 fully saturated rings. The van der Waals surface area contributed by atoms with Crippen molar-refractivity contribution in [3.63, 3.8) is 0 Å². The quantitative estimate of drug-likeness (QED) is 0.927. The van der Waals surface area contributed by atoms with Crippen LogP contribution in [0.4, 0.5) is 10.2 Å². The third kappa shape index (κ3) is 2.85. The summed E-state index contributed by atoms with van der Waals surface area (Å²) in [6.07, 6.45) is 1.48. The topological polar surface area (TPSA) is 54.9 Å². The van der Waals surface area contributed by atoms with E-state index in [2.05, 4.69) is 31.4 Å². The first-order chi connectivity index (χ1) is 8.16. The van der Waals surface area contributed by atoms with Crippen LogP contribution in [0, 0.1) is 5.82 Å². The van der Waals surface area contributed by atoms with Gasteiger partial charge in [0.15, 0.2) is 5.82 Å². The molecule has 1 heterocycles. The van der Waals surface area contributed by atoms with Crippen LogP contribution in [-0.4, -0.2) is 16.1 Å². The van der Waals surface area contributed by atoms with E-state index in [1.54, 1.807) is 18.2 Å². The lowest BCUT2D eigenvalue weighted by Crippen LogP contribution is -2.14. The summed E-state index contributed by atoms with van der Waals surface area (Å²) in [5.74, 6) is -0.879. The minimum atomic E-state index is -0.597. The van der Waals surface area contributed by atoms with Gasteiger partial charge in [-0.1, -0.05) is 15.9 Å². The molecular weight excluding hydrogens is 289 g/mol. The molecule has 86 valence electrons. The zero-order valence-corrected chi connectivity index (χ0v) is 10.1. The van der Waals surface area contributed by atoms with Crippen molar-refractivity contribution in [2.24, 2.45) is 0 Å². The number of aromatic nitrogens is 2. The summed E-state index contributed by atoms with van der Waals surface area (Å²) in [6.45, 7) is 0. The van der Waals surface area contributed by atoms with Gasteiger partial charge in [-0.15, -0.1) is 5.10 Å². The number of hydrogen-bond acceptors (Lipinski definition) is 3. The number of nitrogens with one attached hydrogen (secondary N) is 1. The summed E-state index contributed by atoms with van der Waals surface area (Å²) >= 11 is 3.12. The molecule has 0 atom stereocenters. The highest BCUT2D eigenvalue weighted by Crippen LogP contribution is 2.16. The molecule has 0 aliphatic heterocycles. The predicted molar refractivity (Wildman–Crippen MR) is 64.1 cm³/mol. The van der Waals surface area contributed by atoms with Crippen molar-refractivity contribution in [1.29, 1.82) is 0 Å². The average molecular weight is 296 g/mol. The van der Waals surface area contributed by atoms with Crippen LogP contribution in [0.1, 0.15) is 10.4 Å². The van der Waals surface area contributed by atoms with Crippen molar-refractivity contribution >= 4 is 27.7 Å². The van der Waals surface area contributed by atoms with Crippen molar-refractivity contribution in [1.82, 2.24) is 10.2 Å². The maximum absolute atomic E-state index is 13.5. The molecule has 1 amide bonds. The molecule has 0 aliphatic carbocycles. The van der Waals surface area contributed by atoms with Crippen molar-refractivity contribution in [3.05, 3.63) is 52.4 Å². The second-order valence-corrected chi connectivity index (χ2v) is 4.10. The Labute approximate surface area is 105 Å². The lowest BCUT2D eigenvalue weighted by molar-refractivity contribution is 0.102. The highest BCUT2D eigenvalue weighted by Gasteiger charge is 2.12. The largest absolute Gasteiger partial charge is 0.305 e. The molecule has 4 nitrogen and oxygen atoms in total. The molecule has 1 aromatic heterocycles. The smallest absolute Gasteiger partial charge is 0.259 e. The lowest BCUT2D eigenvalue weighted by atomic mass is 10.2. The number of amides is 1. The van der Waals surface area contributed by atoms with E-state index in [0.29, 0.717) is 4.47 Å². The fourth-order valence-corrected chi connectivity index (χ4v) is 1.56. The number of halogens is 2. The molecular formula is C11H7BrFN3O. The van der Waals surface area contributed by atoms with E-state index in [4.69, 9.17) is 0 Å². The lowest BCUT2D eigenvalue weighted by Gasteiger charge is -2.04. The Hall–Kier alpha value is -1.82. The number of nitrogens with zero attached hydrogens (tertiary/aromatic N) is 2. The molecule has 0 unspecified atom stereocenters. The SMILES string of the molecule is O=C(Nc1cccnn1)c1ccc(Br)cc1F. The molecule has 6 heteroatoms. The fraction of sp³-hybridized carbons (Fsp3) is 0. The number of hydrogen-bond donors (Lipinski definition) is 1. The molecule has 0 spiro atoms. The zero-order valence-electron chi connectivity index (χ0n) is 8.52. The minimum Gasteiger partial charge on any atom is -0.305 e. The Kier molecular flexibility index (Phi) is 3.43. The van der Waals surface area contributed by atoms with E-state index in [9.17, 15) is 9.18 Å². The van der Waals surface area contributed by atoms with Gasteiger partial charge in [0.1, 0.15) is 5.82 Å². The average Bonchev–Trinajstić information content (AvgIpc) is 2.30. The summed E-state index contributed by atoms with van der Waals surface area (Å²) in [7, 11) is 0. The molecule has 0 saturated heterocycles. The van der Waals surface area contributed by atoms with E-state index in [1.807, 2.05) is 0 Å². The summed E-state index contributed by atoms with van der Waals surface area (Å²) in [5, 5.41) is 9.73. The minimum absolute atomic E-state index is 0.0427. The summed E-state index contributed by atoms with van der Waals surface area (Å²) in [4.78, 5) is 11.7. The normalized spacial score (nSPS) is 10.0. The Morgan fingerprint density at radius 1 is 1.35 bits per heavy atom. The van der Waals surface area contributed by atoms with Crippen LogP contribution in [0.15, 0.2) is 41.0 Å². The van der Waals surface area contributed by atoms with Crippen molar-refractivity contribution in [2.45, 2.75) is 0 Å². The first kappa shape index (κ1) is 11.7. The molecule has 1 aromatic carbocycles. The number of anilines is 1. The van der Waals surface area contributed by atoms with E-state index in [1.165, 1.54) is 18.3 Å². The van der Waals surface area contributed by atoms with Crippen molar-refractivity contribution in [2.75, 3.05) is 5.32 Å². The summed E-state index contributed by atoms with van der Waals surface area (Å²) < 4.78 is 14.1. The third-order valence-electron chi connectivity index (χ3n) is 1.99. The van der Waals surface area contributed by atoms with E-state index >= 15 is 0 Å². The fourth-order valence-electron chi connectivity index (χ4n) is 1.23. The maximum Gasteiger partial charge on any atom is 0.259 e. The van der Waals surface area contributed by atoms with Crippen LogP contribution in [0.3, 0.4) is 0 Å². The monoisotopic (exact) mass is 295 g/mol. The molecule has 2 rings (SSSR count). The van der Waals surface area contributed by atoms with E-state index < -0.39 is 11.7 Å². The number of rotatable bonds is 2. The van der Waals surface area contributed by atoms with Crippen molar-refractivity contribution in [3.8, 4) is 0 Å². The molecule has 0 aliphatic rings. The van der Waals surface area contributed by atoms with Gasteiger partial charge in [-0.25, -0.2) is 4.39 Å². The van der Waals surface area contributed by atoms with Gasteiger partial charge in [0.05, 0.1) is 5.56 Å². The van der Waals surface area contributed by atoms with Gasteiger partial charge in [-0.2, -0.15) is 5.10 Å². The van der Waals surface area contributed by atoms with Gasteiger partial charge in [0.25, 0.3) is 5.91 Å². The number of carbonyl (C=O) groups is 1. The van der Waals surface area contributed by atoms with Gasteiger partial charge in [0.2, 0.25) is 0 Å². The van der Waals surface area contributed by atoms with Crippen molar-refractivity contribution < 1.29 is 9.18 Å². The number of benzene rings is 1. The summed E-state index contributed by atoms with van der Waals surface area (Å²) in [6, 6.07) is 7.41. The first-order valence-corrected chi connectivity index (χ1v) is 5.50. The van der Waals surface area contributed by atoms with Crippen LogP contribution in [0.25, 0.3) is 0 Å². The van der Waals surface area contributed by atoms with Crippen LogP contribution in [-0.2, 0) is 0 Å². The van der Waals surface area contributed by atoms with Gasteiger partial charge in [0, 0.05) is 10.7 Å². The standard InChI is InChI=1S/C11H7BrFN3O/c12-7-3-4-8(9(13)6-7)11(17)15-10-2-1-5-14-16-10/h1-6H,(H,15,16,17). The highest BCUT2D eigenvalue weighted by molar-refractivity contribution is 9.10. The number of carbonyl (C=O) groups excluding carboxylic acids is 1. The molecule has 2 aromatic rings. The van der Waals surface area contributed by atoms with Crippen LogP contribution in [0.5, 0.6) is 0 Å². The Morgan fingerprint density at radius 2 is 2.18 bits per heavy atom. The molecule has 0 saturated carbocycles. The van der Waals surface area contributed by atoms with E-state index in [-0.39, 0.29) is 11.4 Å². The molecule has 0 bridgehead atoms. The third-order valence-corrected chi connectivity index (χ3v) is 2.48. The van der Waals surface area contributed by atoms with Gasteiger partial charge >= 0.3 is 0 Å².